The van der Waals surface area contributed by atoms with E-state index in [1.165, 1.54) is 24.2 Å². The van der Waals surface area contributed by atoms with Crippen LogP contribution in [0, 0.1) is 0 Å². The van der Waals surface area contributed by atoms with Crippen molar-refractivity contribution in [3.05, 3.63) is 51.1 Å². The number of carbonyl (C=O) groups is 1. The molecule has 3 aromatic rings. The first kappa shape index (κ1) is 14.5. The molecule has 3 aromatic heterocycles. The van der Waals surface area contributed by atoms with Gasteiger partial charge in [0, 0.05) is 22.6 Å². The Hall–Kier alpha value is -2.12. The van der Waals surface area contributed by atoms with Gasteiger partial charge in [-0.25, -0.2) is 4.68 Å². The monoisotopic (exact) mass is 347 g/mol. The Morgan fingerprint density at radius 3 is 3.04 bits per heavy atom. The molecular weight excluding hydrogens is 334 g/mol. The number of rotatable bonds is 5. The number of amides is 1. The zero-order valence-corrected chi connectivity index (χ0v) is 13.7. The summed E-state index contributed by atoms with van der Waals surface area (Å²) in [6.45, 7) is 0.563. The third kappa shape index (κ3) is 3.16. The van der Waals surface area contributed by atoms with Crippen LogP contribution >= 0.6 is 22.9 Å². The van der Waals surface area contributed by atoms with E-state index < -0.39 is 0 Å². The highest BCUT2D eigenvalue weighted by Crippen LogP contribution is 2.39. The smallest absolute Gasteiger partial charge is 0.277 e. The van der Waals surface area contributed by atoms with Gasteiger partial charge in [0.2, 0.25) is 0 Å². The van der Waals surface area contributed by atoms with Crippen LogP contribution < -0.4 is 5.32 Å². The molecule has 0 atom stereocenters. The van der Waals surface area contributed by atoms with Crippen LogP contribution in [0.4, 0.5) is 5.82 Å². The van der Waals surface area contributed by atoms with Gasteiger partial charge < -0.3 is 5.32 Å². The van der Waals surface area contributed by atoms with E-state index >= 15 is 0 Å². The summed E-state index contributed by atoms with van der Waals surface area (Å²) in [4.78, 5) is 13.4. The van der Waals surface area contributed by atoms with Crippen molar-refractivity contribution in [2.75, 3.05) is 5.32 Å². The first-order chi connectivity index (χ1) is 11.2. The molecule has 1 saturated carbocycles. The summed E-state index contributed by atoms with van der Waals surface area (Å²) in [5.74, 6) is 0.938. The number of hydrogen-bond donors (Lipinski definition) is 2. The van der Waals surface area contributed by atoms with Crippen LogP contribution in [0.3, 0.4) is 0 Å². The zero-order chi connectivity index (χ0) is 15.8. The van der Waals surface area contributed by atoms with Gasteiger partial charge in [0.25, 0.3) is 5.91 Å². The van der Waals surface area contributed by atoms with E-state index in [-0.39, 0.29) is 5.91 Å². The Bertz CT molecular complexity index is 848. The fraction of sp³-hybridized carbons (Fsp3) is 0.267. The van der Waals surface area contributed by atoms with Gasteiger partial charge in [-0.15, -0.1) is 11.3 Å². The molecule has 118 valence electrons. The van der Waals surface area contributed by atoms with Crippen molar-refractivity contribution < 1.29 is 4.79 Å². The van der Waals surface area contributed by atoms with Crippen LogP contribution in [0.25, 0.3) is 0 Å². The van der Waals surface area contributed by atoms with Gasteiger partial charge in [0.15, 0.2) is 5.69 Å². The van der Waals surface area contributed by atoms with E-state index in [1.807, 2.05) is 18.2 Å². The van der Waals surface area contributed by atoms with E-state index in [2.05, 4.69) is 20.6 Å². The van der Waals surface area contributed by atoms with Gasteiger partial charge in [-0.2, -0.15) is 10.2 Å². The average Bonchev–Trinajstić information content (AvgIpc) is 2.94. The van der Waals surface area contributed by atoms with Gasteiger partial charge >= 0.3 is 0 Å². The SMILES string of the molecule is O=C(Nc1ccnn1Cc1ccc(Cl)s1)c1cc(C2CC2)[nH]n1. The highest BCUT2D eigenvalue weighted by atomic mass is 35.5. The third-order valence-corrected chi connectivity index (χ3v) is 4.96. The molecule has 1 aliphatic rings. The first-order valence-electron chi connectivity index (χ1n) is 7.32. The number of halogens is 1. The maximum Gasteiger partial charge on any atom is 0.277 e. The van der Waals surface area contributed by atoms with Gasteiger partial charge in [0.05, 0.1) is 17.1 Å². The third-order valence-electron chi connectivity index (χ3n) is 3.74. The van der Waals surface area contributed by atoms with Crippen molar-refractivity contribution in [2.45, 2.75) is 25.3 Å². The number of thiophene rings is 1. The molecule has 23 heavy (non-hydrogen) atoms. The molecule has 0 aliphatic heterocycles. The minimum atomic E-state index is -0.237. The summed E-state index contributed by atoms with van der Waals surface area (Å²) in [6.07, 6.45) is 3.99. The van der Waals surface area contributed by atoms with Crippen molar-refractivity contribution in [3.8, 4) is 0 Å². The zero-order valence-electron chi connectivity index (χ0n) is 12.1. The van der Waals surface area contributed by atoms with Gasteiger partial charge in [0.1, 0.15) is 5.82 Å². The number of hydrogen-bond acceptors (Lipinski definition) is 4. The predicted octanol–water partition coefficient (Wildman–Crippen LogP) is 3.50. The molecule has 3 heterocycles. The maximum atomic E-state index is 12.3. The molecule has 1 aliphatic carbocycles. The number of nitrogens with zero attached hydrogens (tertiary/aromatic N) is 3. The summed E-state index contributed by atoms with van der Waals surface area (Å²) in [5, 5.41) is 14.1. The second kappa shape index (κ2) is 5.82. The quantitative estimate of drug-likeness (QED) is 0.741. The Balaban J connectivity index is 1.47. The molecule has 1 fully saturated rings. The van der Waals surface area contributed by atoms with Crippen molar-refractivity contribution in [1.29, 1.82) is 0 Å². The van der Waals surface area contributed by atoms with Crippen molar-refractivity contribution >= 4 is 34.7 Å². The van der Waals surface area contributed by atoms with Crippen LogP contribution in [0.1, 0.15) is 39.8 Å². The Labute approximate surface area is 141 Å². The van der Waals surface area contributed by atoms with Crippen LogP contribution in [0.15, 0.2) is 30.5 Å². The van der Waals surface area contributed by atoms with Crippen LogP contribution in [0.5, 0.6) is 0 Å². The molecule has 0 saturated heterocycles. The highest BCUT2D eigenvalue weighted by molar-refractivity contribution is 7.16. The number of carbonyl (C=O) groups excluding carboxylic acids is 1. The summed E-state index contributed by atoms with van der Waals surface area (Å²) in [7, 11) is 0. The van der Waals surface area contributed by atoms with Crippen molar-refractivity contribution in [3.63, 3.8) is 0 Å². The number of aromatic nitrogens is 4. The van der Waals surface area contributed by atoms with E-state index in [1.54, 1.807) is 16.9 Å². The van der Waals surface area contributed by atoms with Crippen molar-refractivity contribution in [1.82, 2.24) is 20.0 Å². The predicted molar refractivity (Wildman–Crippen MR) is 89.2 cm³/mol. The average molecular weight is 348 g/mol. The minimum absolute atomic E-state index is 0.237. The van der Waals surface area contributed by atoms with Gasteiger partial charge in [-0.05, 0) is 31.0 Å². The van der Waals surface area contributed by atoms with Crippen LogP contribution in [-0.4, -0.2) is 25.9 Å². The normalized spacial score (nSPS) is 14.1. The maximum absolute atomic E-state index is 12.3. The fourth-order valence-corrected chi connectivity index (χ4v) is 3.46. The molecule has 8 heteroatoms. The second-order valence-corrected chi connectivity index (χ2v) is 7.32. The lowest BCUT2D eigenvalue weighted by Gasteiger charge is -2.06. The summed E-state index contributed by atoms with van der Waals surface area (Å²) in [5.41, 5.74) is 1.44. The van der Waals surface area contributed by atoms with E-state index in [4.69, 9.17) is 11.6 Å². The Kier molecular flexibility index (Phi) is 3.66. The summed E-state index contributed by atoms with van der Waals surface area (Å²) < 4.78 is 2.47. The highest BCUT2D eigenvalue weighted by Gasteiger charge is 2.26. The summed E-state index contributed by atoms with van der Waals surface area (Å²) >= 11 is 7.44. The first-order valence-corrected chi connectivity index (χ1v) is 8.51. The molecule has 0 radical (unpaired) electrons. The van der Waals surface area contributed by atoms with Gasteiger partial charge in [-0.3, -0.25) is 9.89 Å². The number of nitrogens with one attached hydrogen (secondary N) is 2. The molecule has 6 nitrogen and oxygen atoms in total. The van der Waals surface area contributed by atoms with Crippen molar-refractivity contribution in [2.24, 2.45) is 0 Å². The van der Waals surface area contributed by atoms with E-state index in [9.17, 15) is 4.79 Å². The van der Waals surface area contributed by atoms with E-state index in [0.29, 0.717) is 24.0 Å². The second-order valence-electron chi connectivity index (χ2n) is 5.52. The molecule has 1 amide bonds. The molecule has 0 spiro atoms. The number of anilines is 1. The van der Waals surface area contributed by atoms with E-state index in [0.717, 1.165) is 14.9 Å². The van der Waals surface area contributed by atoms with Crippen LogP contribution in [-0.2, 0) is 6.54 Å². The molecule has 4 rings (SSSR count). The molecule has 2 N–H and O–H groups in total. The molecule has 0 bridgehead atoms. The topological polar surface area (TPSA) is 75.6 Å². The molecule has 0 unspecified atom stereocenters. The Morgan fingerprint density at radius 2 is 2.30 bits per heavy atom. The lowest BCUT2D eigenvalue weighted by molar-refractivity contribution is 0.102. The minimum Gasteiger partial charge on any atom is -0.305 e. The fourth-order valence-electron chi connectivity index (χ4n) is 2.39. The number of aromatic amines is 1. The number of H-pyrrole nitrogens is 1. The Morgan fingerprint density at radius 1 is 1.43 bits per heavy atom. The molecule has 0 aromatic carbocycles. The lowest BCUT2D eigenvalue weighted by atomic mass is 10.2. The summed E-state index contributed by atoms with van der Waals surface area (Å²) in [6, 6.07) is 7.40. The van der Waals surface area contributed by atoms with Gasteiger partial charge in [-0.1, -0.05) is 11.6 Å². The van der Waals surface area contributed by atoms with Crippen LogP contribution in [0.2, 0.25) is 4.34 Å². The lowest BCUT2D eigenvalue weighted by Crippen LogP contribution is -2.16. The molecular formula is C15H14ClN5OS. The standard InChI is InChI=1S/C15H14ClN5OS/c16-13-4-3-10(23-13)8-21-14(5-6-17-21)18-15(22)12-7-11(19-20-12)9-1-2-9/h3-7,9H,1-2,8H2,(H,18,22)(H,19,20). The largest absolute Gasteiger partial charge is 0.305 e.